The van der Waals surface area contributed by atoms with Crippen LogP contribution in [0.3, 0.4) is 0 Å². The van der Waals surface area contributed by atoms with Crippen molar-refractivity contribution in [2.24, 2.45) is 0 Å². The van der Waals surface area contributed by atoms with E-state index < -0.39 is 0 Å². The number of hydrogen-bond donors (Lipinski definition) is 0. The van der Waals surface area contributed by atoms with Crippen molar-refractivity contribution in [1.29, 1.82) is 5.26 Å². The van der Waals surface area contributed by atoms with Gasteiger partial charge in [-0.05, 0) is 35.0 Å². The summed E-state index contributed by atoms with van der Waals surface area (Å²) in [4.78, 5) is 11.1. The molecule has 1 rings (SSSR count). The third kappa shape index (κ3) is 2.09. The number of benzene rings is 1. The van der Waals surface area contributed by atoms with Gasteiger partial charge in [0.15, 0.2) is 5.78 Å². The molecule has 0 aromatic heterocycles. The average Bonchev–Trinajstić information content (AvgIpc) is 2.03. The van der Waals surface area contributed by atoms with Gasteiger partial charge < -0.3 is 0 Å². The Morgan fingerprint density at radius 1 is 1.62 bits per heavy atom. The van der Waals surface area contributed by atoms with E-state index >= 15 is 0 Å². The molecular formula is C9H5BrClNO. The number of Topliss-reactive ketones (excluding diaryl/α,β-unsaturated/α-hetero) is 1. The van der Waals surface area contributed by atoms with Crippen molar-refractivity contribution in [2.45, 2.75) is 6.92 Å². The van der Waals surface area contributed by atoms with E-state index in [9.17, 15) is 4.79 Å². The molecule has 0 bridgehead atoms. The minimum Gasteiger partial charge on any atom is -0.294 e. The molecule has 0 atom stereocenters. The van der Waals surface area contributed by atoms with Crippen LogP contribution in [0.4, 0.5) is 0 Å². The zero-order valence-electron chi connectivity index (χ0n) is 6.77. The summed E-state index contributed by atoms with van der Waals surface area (Å²) >= 11 is 8.94. The Balaban J connectivity index is 3.41. The topological polar surface area (TPSA) is 40.9 Å². The maximum atomic E-state index is 11.1. The first kappa shape index (κ1) is 10.2. The minimum absolute atomic E-state index is 0.0972. The molecule has 1 aromatic carbocycles. The second-order valence-corrected chi connectivity index (χ2v) is 3.74. The van der Waals surface area contributed by atoms with Crippen LogP contribution in [0.25, 0.3) is 0 Å². The number of carbonyl (C=O) groups is 1. The molecule has 0 amide bonds. The van der Waals surface area contributed by atoms with Crippen LogP contribution in [0.5, 0.6) is 0 Å². The van der Waals surface area contributed by atoms with E-state index in [2.05, 4.69) is 15.9 Å². The molecule has 0 N–H and O–H groups in total. The first-order valence-corrected chi connectivity index (χ1v) is 4.63. The number of hydrogen-bond acceptors (Lipinski definition) is 2. The van der Waals surface area contributed by atoms with Crippen molar-refractivity contribution >= 4 is 33.3 Å². The van der Waals surface area contributed by atoms with Gasteiger partial charge in [0, 0.05) is 10.0 Å². The van der Waals surface area contributed by atoms with Gasteiger partial charge in [-0.3, -0.25) is 4.79 Å². The monoisotopic (exact) mass is 257 g/mol. The highest BCUT2D eigenvalue weighted by Gasteiger charge is 2.09. The third-order valence-corrected chi connectivity index (χ3v) is 2.53. The Bertz CT molecular complexity index is 409. The van der Waals surface area contributed by atoms with Crippen LogP contribution >= 0.6 is 27.5 Å². The first-order valence-electron chi connectivity index (χ1n) is 3.46. The predicted molar refractivity (Wildman–Crippen MR) is 53.9 cm³/mol. The van der Waals surface area contributed by atoms with Gasteiger partial charge >= 0.3 is 0 Å². The fraction of sp³-hybridized carbons (Fsp3) is 0.111. The molecule has 0 spiro atoms. The molecule has 0 fully saturated rings. The van der Waals surface area contributed by atoms with Crippen LogP contribution in [0, 0.1) is 11.3 Å². The Kier molecular flexibility index (Phi) is 3.07. The maximum Gasteiger partial charge on any atom is 0.160 e. The summed E-state index contributed by atoms with van der Waals surface area (Å²) < 4.78 is 0.615. The molecule has 1 aromatic rings. The summed E-state index contributed by atoms with van der Waals surface area (Å²) in [5.74, 6) is -0.0972. The highest BCUT2D eigenvalue weighted by molar-refractivity contribution is 9.10. The lowest BCUT2D eigenvalue weighted by molar-refractivity contribution is 0.101. The minimum atomic E-state index is -0.0972. The molecule has 13 heavy (non-hydrogen) atoms. The van der Waals surface area contributed by atoms with Crippen molar-refractivity contribution < 1.29 is 4.79 Å². The summed E-state index contributed by atoms with van der Waals surface area (Å²) in [6.45, 7) is 1.44. The van der Waals surface area contributed by atoms with Gasteiger partial charge in [-0.15, -0.1) is 0 Å². The van der Waals surface area contributed by atoms with Crippen molar-refractivity contribution in [1.82, 2.24) is 0 Å². The van der Waals surface area contributed by atoms with Gasteiger partial charge in [0.2, 0.25) is 0 Å². The number of nitriles is 1. The predicted octanol–water partition coefficient (Wildman–Crippen LogP) is 3.18. The normalized spacial score (nSPS) is 9.38. The fourth-order valence-electron chi connectivity index (χ4n) is 0.904. The van der Waals surface area contributed by atoms with Crippen LogP contribution in [0.15, 0.2) is 16.6 Å². The van der Waals surface area contributed by atoms with Crippen molar-refractivity contribution in [3.63, 3.8) is 0 Å². The van der Waals surface area contributed by atoms with Gasteiger partial charge in [-0.25, -0.2) is 0 Å². The molecule has 0 aliphatic rings. The summed E-state index contributed by atoms with van der Waals surface area (Å²) in [6, 6.07) is 4.95. The lowest BCUT2D eigenvalue weighted by Crippen LogP contribution is -1.95. The van der Waals surface area contributed by atoms with E-state index in [0.717, 1.165) is 0 Å². The third-order valence-electron chi connectivity index (χ3n) is 1.56. The molecular weight excluding hydrogens is 253 g/mol. The number of halogens is 2. The van der Waals surface area contributed by atoms with Gasteiger partial charge in [0.05, 0.1) is 10.6 Å². The largest absolute Gasteiger partial charge is 0.294 e. The molecule has 0 aliphatic heterocycles. The van der Waals surface area contributed by atoms with E-state index in [1.165, 1.54) is 13.0 Å². The van der Waals surface area contributed by atoms with Gasteiger partial charge in [-0.2, -0.15) is 5.26 Å². The molecule has 4 heteroatoms. The van der Waals surface area contributed by atoms with Crippen LogP contribution in [0.2, 0.25) is 5.02 Å². The number of ketones is 1. The first-order chi connectivity index (χ1) is 6.06. The molecule has 2 nitrogen and oxygen atoms in total. The summed E-state index contributed by atoms with van der Waals surface area (Å²) in [5, 5.41) is 9.00. The Morgan fingerprint density at radius 3 is 2.69 bits per heavy atom. The molecule has 0 saturated heterocycles. The summed E-state index contributed by atoms with van der Waals surface area (Å²) in [7, 11) is 0. The maximum absolute atomic E-state index is 11.1. The highest BCUT2D eigenvalue weighted by Crippen LogP contribution is 2.25. The second kappa shape index (κ2) is 3.91. The molecule has 0 unspecified atom stereocenters. The van der Waals surface area contributed by atoms with Crippen molar-refractivity contribution in [3.05, 3.63) is 32.8 Å². The van der Waals surface area contributed by atoms with Crippen molar-refractivity contribution in [3.8, 4) is 6.07 Å². The molecule has 0 aliphatic carbocycles. The standard InChI is InChI=1S/C9H5BrClNO/c1-5(13)7-2-6(4-12)9(11)3-8(7)10/h2-3H,1H3. The summed E-state index contributed by atoms with van der Waals surface area (Å²) in [6.07, 6.45) is 0. The molecule has 0 radical (unpaired) electrons. The Hall–Kier alpha value is -0.850. The average molecular weight is 259 g/mol. The number of nitrogens with zero attached hydrogens (tertiary/aromatic N) is 1. The van der Waals surface area contributed by atoms with E-state index in [-0.39, 0.29) is 5.78 Å². The van der Waals surface area contributed by atoms with Crippen LogP contribution in [0.1, 0.15) is 22.8 Å². The summed E-state index contributed by atoms with van der Waals surface area (Å²) in [5.41, 5.74) is 0.788. The Labute approximate surface area is 89.3 Å². The van der Waals surface area contributed by atoms with E-state index in [1.807, 2.05) is 6.07 Å². The van der Waals surface area contributed by atoms with E-state index in [1.54, 1.807) is 6.07 Å². The molecule has 66 valence electrons. The zero-order chi connectivity index (χ0) is 10.0. The van der Waals surface area contributed by atoms with Gasteiger partial charge in [0.25, 0.3) is 0 Å². The lowest BCUT2D eigenvalue weighted by Gasteiger charge is -2.01. The van der Waals surface area contributed by atoms with E-state index in [4.69, 9.17) is 16.9 Å². The van der Waals surface area contributed by atoms with Gasteiger partial charge in [0.1, 0.15) is 6.07 Å². The van der Waals surface area contributed by atoms with Crippen molar-refractivity contribution in [2.75, 3.05) is 0 Å². The van der Waals surface area contributed by atoms with Gasteiger partial charge in [-0.1, -0.05) is 11.6 Å². The fourth-order valence-corrected chi connectivity index (χ4v) is 1.86. The smallest absolute Gasteiger partial charge is 0.160 e. The quantitative estimate of drug-likeness (QED) is 0.726. The lowest BCUT2D eigenvalue weighted by atomic mass is 10.1. The van der Waals surface area contributed by atoms with Crippen LogP contribution in [-0.2, 0) is 0 Å². The zero-order valence-corrected chi connectivity index (χ0v) is 9.11. The SMILES string of the molecule is CC(=O)c1cc(C#N)c(Cl)cc1Br. The highest BCUT2D eigenvalue weighted by atomic mass is 79.9. The Morgan fingerprint density at radius 2 is 2.23 bits per heavy atom. The molecule has 0 saturated carbocycles. The second-order valence-electron chi connectivity index (χ2n) is 2.48. The van der Waals surface area contributed by atoms with Crippen LogP contribution in [-0.4, -0.2) is 5.78 Å². The number of carbonyl (C=O) groups excluding carboxylic acids is 1. The van der Waals surface area contributed by atoms with Crippen LogP contribution < -0.4 is 0 Å². The number of rotatable bonds is 1. The molecule has 0 heterocycles. The van der Waals surface area contributed by atoms with E-state index in [0.29, 0.717) is 20.6 Å².